The zero-order valence-electron chi connectivity index (χ0n) is 36.2. The van der Waals surface area contributed by atoms with Crippen molar-refractivity contribution in [3.05, 3.63) is 126 Å². The first-order valence-corrected chi connectivity index (χ1v) is 26.5. The molecule has 4 heterocycles. The second kappa shape index (κ2) is 21.9. The number of ether oxygens (including phenoxy) is 4. The second-order valence-electron chi connectivity index (χ2n) is 14.9. The van der Waals surface area contributed by atoms with Gasteiger partial charge in [0.05, 0.1) is 49.9 Å². The van der Waals surface area contributed by atoms with Crippen LogP contribution in [0.15, 0.2) is 93.3 Å². The van der Waals surface area contributed by atoms with E-state index in [1.807, 2.05) is 47.2 Å². The number of halogens is 4. The molecule has 0 saturated carbocycles. The van der Waals surface area contributed by atoms with Crippen LogP contribution in [-0.4, -0.2) is 116 Å². The molecule has 2 aliphatic rings. The van der Waals surface area contributed by atoms with Crippen LogP contribution in [0, 0.1) is 0 Å². The van der Waals surface area contributed by atoms with Gasteiger partial charge in [-0.2, -0.15) is 8.61 Å². The normalized spacial score (nSPS) is 15.0. The number of methoxy groups -OCH3 is 4. The minimum atomic E-state index is -3.72. The minimum absolute atomic E-state index is 0.0360. The van der Waals surface area contributed by atoms with Crippen LogP contribution >= 0.6 is 69.1 Å². The van der Waals surface area contributed by atoms with Gasteiger partial charge in [-0.25, -0.2) is 26.8 Å². The van der Waals surface area contributed by atoms with Crippen LogP contribution in [0.3, 0.4) is 0 Å². The Morgan fingerprint density at radius 3 is 1.41 bits per heavy atom. The lowest BCUT2D eigenvalue weighted by molar-refractivity contribution is 0.384. The Bertz CT molecular complexity index is 2870. The Morgan fingerprint density at radius 1 is 0.515 bits per heavy atom. The number of hydrogen-bond acceptors (Lipinski definition) is 14. The molecule has 0 unspecified atom stereocenters. The summed E-state index contributed by atoms with van der Waals surface area (Å²) in [4.78, 5) is 13.8. The van der Waals surface area contributed by atoms with Crippen molar-refractivity contribution in [2.75, 3.05) is 90.6 Å². The quantitative estimate of drug-likeness (QED) is 0.103. The summed E-state index contributed by atoms with van der Waals surface area (Å²) in [6.45, 7) is 3.50. The highest BCUT2D eigenvalue weighted by Crippen LogP contribution is 2.34. The smallest absolute Gasteiger partial charge is 0.244 e. The molecule has 0 amide bonds. The van der Waals surface area contributed by atoms with E-state index in [1.165, 1.54) is 32.9 Å². The number of aromatic nitrogens is 2. The van der Waals surface area contributed by atoms with Gasteiger partial charge in [0.1, 0.15) is 32.8 Å². The number of rotatable bonds is 14. The molecule has 0 bridgehead atoms. The maximum absolute atomic E-state index is 13.1. The van der Waals surface area contributed by atoms with Crippen molar-refractivity contribution in [1.29, 1.82) is 0 Å². The summed E-state index contributed by atoms with van der Waals surface area (Å²) in [7, 11) is -0.917. The molecule has 0 aliphatic carbocycles. The van der Waals surface area contributed by atoms with E-state index in [0.717, 1.165) is 55.8 Å². The molecule has 0 atom stereocenters. The average molecular weight is 1060 g/mol. The van der Waals surface area contributed by atoms with E-state index in [-0.39, 0.29) is 19.8 Å². The Labute approximate surface area is 413 Å². The fourth-order valence-electron chi connectivity index (χ4n) is 7.32. The van der Waals surface area contributed by atoms with E-state index in [4.69, 9.17) is 75.3 Å². The Balaban J connectivity index is 0.000000196. The highest BCUT2D eigenvalue weighted by Gasteiger charge is 2.33. The molecule has 4 aromatic carbocycles. The van der Waals surface area contributed by atoms with Crippen LogP contribution in [0.2, 0.25) is 20.1 Å². The largest absolute Gasteiger partial charge is 0.497 e. The highest BCUT2D eigenvalue weighted by molar-refractivity contribution is 7.89. The molecule has 2 saturated heterocycles. The van der Waals surface area contributed by atoms with Gasteiger partial charge in [0.15, 0.2) is 10.3 Å². The van der Waals surface area contributed by atoms with Gasteiger partial charge in [-0.3, -0.25) is 0 Å². The monoisotopic (exact) mass is 1050 g/mol. The highest BCUT2D eigenvalue weighted by atomic mass is 35.5. The number of piperazine rings is 2. The summed E-state index contributed by atoms with van der Waals surface area (Å²) in [5.74, 6) is 3.03. The molecule has 8 rings (SSSR count). The van der Waals surface area contributed by atoms with Gasteiger partial charge in [0, 0.05) is 103 Å². The molecular weight excluding hydrogens is 1010 g/mol. The fraction of sp³-hybridized carbons (Fsp3) is 0.318. The first kappa shape index (κ1) is 49.8. The number of hydrogen-bond donors (Lipinski definition) is 0. The van der Waals surface area contributed by atoms with Gasteiger partial charge in [-0.05, 0) is 60.7 Å². The third kappa shape index (κ3) is 11.6. The molecule has 2 aliphatic heterocycles. The van der Waals surface area contributed by atoms with Crippen molar-refractivity contribution in [3.8, 4) is 23.0 Å². The van der Waals surface area contributed by atoms with Gasteiger partial charge < -0.3 is 28.7 Å². The van der Waals surface area contributed by atoms with E-state index in [2.05, 4.69) is 9.80 Å². The number of benzene rings is 4. The van der Waals surface area contributed by atoms with Gasteiger partial charge in [-0.15, -0.1) is 22.7 Å². The number of anilines is 2. The van der Waals surface area contributed by atoms with Crippen molar-refractivity contribution in [1.82, 2.24) is 18.6 Å². The summed E-state index contributed by atoms with van der Waals surface area (Å²) in [6.07, 6.45) is 1.24. The molecule has 22 heteroatoms. The molecule has 0 spiro atoms. The number of nitrogens with zero attached hydrogens (tertiary/aromatic N) is 6. The second-order valence-corrected chi connectivity index (χ2v) is 22.1. The predicted molar refractivity (Wildman–Crippen MR) is 264 cm³/mol. The first-order valence-electron chi connectivity index (χ1n) is 20.3. The molecule has 352 valence electrons. The molecule has 2 aromatic heterocycles. The Kier molecular flexibility index (Phi) is 16.5. The fourth-order valence-corrected chi connectivity index (χ4v) is 13.4. The molecule has 2 fully saturated rings. The van der Waals surface area contributed by atoms with Crippen LogP contribution in [0.4, 0.5) is 10.3 Å². The van der Waals surface area contributed by atoms with Crippen LogP contribution < -0.4 is 28.7 Å². The molecular formula is C44H46Cl4N6O8S4. The van der Waals surface area contributed by atoms with Crippen LogP contribution in [0.5, 0.6) is 23.0 Å². The van der Waals surface area contributed by atoms with E-state index in [0.29, 0.717) is 75.2 Å². The van der Waals surface area contributed by atoms with Crippen molar-refractivity contribution in [2.45, 2.75) is 22.6 Å². The Morgan fingerprint density at radius 2 is 0.955 bits per heavy atom. The molecule has 0 radical (unpaired) electrons. The molecule has 0 N–H and O–H groups in total. The summed E-state index contributed by atoms with van der Waals surface area (Å²) < 4.78 is 76.6. The summed E-state index contributed by atoms with van der Waals surface area (Å²) in [5, 5.41) is 6.77. The summed E-state index contributed by atoms with van der Waals surface area (Å²) in [5.41, 5.74) is 3.86. The van der Waals surface area contributed by atoms with Crippen LogP contribution in [0.25, 0.3) is 0 Å². The van der Waals surface area contributed by atoms with E-state index in [9.17, 15) is 16.8 Å². The summed E-state index contributed by atoms with van der Waals surface area (Å²) >= 11 is 27.3. The third-order valence-corrected chi connectivity index (χ3v) is 18.0. The van der Waals surface area contributed by atoms with Crippen molar-refractivity contribution in [2.24, 2.45) is 0 Å². The lowest BCUT2D eigenvalue weighted by Crippen LogP contribution is -2.48. The molecule has 14 nitrogen and oxygen atoms in total. The van der Waals surface area contributed by atoms with Crippen molar-refractivity contribution in [3.63, 3.8) is 0 Å². The average Bonchev–Trinajstić information content (AvgIpc) is 4.01. The number of thiazole rings is 2. The van der Waals surface area contributed by atoms with Gasteiger partial charge in [-0.1, -0.05) is 52.5 Å². The minimum Gasteiger partial charge on any atom is -0.497 e. The van der Waals surface area contributed by atoms with Crippen LogP contribution in [-0.2, 0) is 32.9 Å². The Hall–Kier alpha value is -4.08. The number of sulfonamides is 2. The van der Waals surface area contributed by atoms with Crippen molar-refractivity contribution < 1.29 is 35.8 Å². The van der Waals surface area contributed by atoms with E-state index < -0.39 is 20.0 Å². The molecule has 66 heavy (non-hydrogen) atoms. The molecule has 6 aromatic rings. The van der Waals surface area contributed by atoms with Crippen molar-refractivity contribution >= 4 is 99.4 Å². The zero-order chi connectivity index (χ0) is 47.2. The first-order chi connectivity index (χ1) is 31.6. The van der Waals surface area contributed by atoms with E-state index >= 15 is 0 Å². The van der Waals surface area contributed by atoms with E-state index in [1.54, 1.807) is 63.2 Å². The lowest BCUT2D eigenvalue weighted by Gasteiger charge is -2.34. The van der Waals surface area contributed by atoms with Gasteiger partial charge >= 0.3 is 0 Å². The third-order valence-electron chi connectivity index (χ3n) is 10.8. The maximum Gasteiger partial charge on any atom is 0.244 e. The van der Waals surface area contributed by atoms with Gasteiger partial charge in [0.25, 0.3) is 0 Å². The standard InChI is InChI=1S/2C22H23Cl2N3O4S2/c1-30-18-4-6-20(31-2)15(12-18)11-17-14-32-22(25-17)26-7-9-27(10-8-26)33(28,29)21-13-16(23)3-5-19(21)24;1-30-18-5-3-15(20(13-18)31-2)11-17-14-32-22(25-17)26-7-9-27(10-8-26)33(28,29)21-12-16(23)4-6-19(21)24/h2*3-6,12-14H,7-11H2,1-2H3. The topological polar surface area (TPSA) is 144 Å². The lowest BCUT2D eigenvalue weighted by atomic mass is 10.1. The SMILES string of the molecule is COc1ccc(Cc2csc(N3CCN(S(=O)(=O)c4cc(Cl)ccc4Cl)CC3)n2)c(OC)c1.COc1ccc(OC)c(Cc2csc(N3CCN(S(=O)(=O)c4cc(Cl)ccc4Cl)CC3)n2)c1. The predicted octanol–water partition coefficient (Wildman–Crippen LogP) is 9.14. The summed E-state index contributed by atoms with van der Waals surface area (Å²) in [6, 6.07) is 20.4. The van der Waals surface area contributed by atoms with Crippen LogP contribution in [0.1, 0.15) is 22.5 Å². The maximum atomic E-state index is 13.1. The zero-order valence-corrected chi connectivity index (χ0v) is 42.5. The van der Waals surface area contributed by atoms with Gasteiger partial charge in [0.2, 0.25) is 20.0 Å².